The first-order valence-electron chi connectivity index (χ1n) is 16.6. The second kappa shape index (κ2) is 12.6. The molecule has 0 unspecified atom stereocenters. The Hall–Kier alpha value is -6.87. The van der Waals surface area contributed by atoms with Gasteiger partial charge in [-0.2, -0.15) is 0 Å². The van der Waals surface area contributed by atoms with Crippen LogP contribution in [0.2, 0.25) is 0 Å². The van der Waals surface area contributed by atoms with Crippen molar-refractivity contribution in [1.82, 2.24) is 9.97 Å². The molecule has 4 heteroatoms. The first-order chi connectivity index (χ1) is 24.8. The second-order valence-electron chi connectivity index (χ2n) is 12.2. The van der Waals surface area contributed by atoms with Crippen molar-refractivity contribution in [2.24, 2.45) is 4.99 Å². The molecule has 234 valence electrons. The average molecular weight is 640 g/mol. The molecule has 1 aliphatic rings. The maximum absolute atomic E-state index is 6.54. The molecule has 4 nitrogen and oxygen atoms in total. The molecular weight excluding hydrogens is 611 g/mol. The standard InChI is InChI=1S/C46H29N3O/c1-4-14-31(15-5-1)34-20-12-21-35(28-34)38-26-27-40(47-44-39-24-10-11-25-43(39)50-45(38)44)36-22-13-23-37(29-36)42-30-41(32-16-6-2-7-17-32)48-46(49-42)33-18-8-3-9-19-33/h1-26,28-30H. The van der Waals surface area contributed by atoms with Crippen LogP contribution in [0.1, 0.15) is 11.1 Å². The third-order valence-electron chi connectivity index (χ3n) is 8.93. The van der Waals surface area contributed by atoms with Crippen molar-refractivity contribution in [3.8, 4) is 45.0 Å². The van der Waals surface area contributed by atoms with E-state index in [0.717, 1.165) is 83.3 Å². The van der Waals surface area contributed by atoms with Gasteiger partial charge in [0.25, 0.3) is 0 Å². The lowest BCUT2D eigenvalue weighted by Crippen LogP contribution is -2.23. The second-order valence-corrected chi connectivity index (χ2v) is 12.2. The fourth-order valence-electron chi connectivity index (χ4n) is 6.43. The van der Waals surface area contributed by atoms with Crippen molar-refractivity contribution in [3.05, 3.63) is 204 Å². The smallest absolute Gasteiger partial charge is 0.162 e. The molecule has 0 bridgehead atoms. The molecule has 6 aromatic carbocycles. The molecule has 0 radical (unpaired) electrons. The minimum atomic E-state index is 0.678. The van der Waals surface area contributed by atoms with Gasteiger partial charge in [-0.15, -0.1) is 0 Å². The van der Waals surface area contributed by atoms with Gasteiger partial charge in [-0.3, -0.25) is 0 Å². The fourth-order valence-corrected chi connectivity index (χ4v) is 6.43. The van der Waals surface area contributed by atoms with Crippen LogP contribution in [0.15, 0.2) is 191 Å². The Morgan fingerprint density at radius 2 is 1.00 bits per heavy atom. The molecule has 0 aliphatic carbocycles. The maximum atomic E-state index is 6.54. The molecule has 2 aromatic heterocycles. The topological polar surface area (TPSA) is 51.3 Å². The number of hydrogen-bond acceptors (Lipinski definition) is 4. The summed E-state index contributed by atoms with van der Waals surface area (Å²) in [6, 6.07) is 57.8. The highest BCUT2D eigenvalue weighted by molar-refractivity contribution is 5.85. The number of hydrogen-bond donors (Lipinski definition) is 0. The van der Waals surface area contributed by atoms with Crippen LogP contribution in [-0.4, -0.2) is 9.97 Å². The molecule has 0 amide bonds. The van der Waals surface area contributed by atoms with E-state index in [1.165, 1.54) is 0 Å². The van der Waals surface area contributed by atoms with E-state index in [4.69, 9.17) is 19.4 Å². The van der Waals surface area contributed by atoms with Crippen molar-refractivity contribution in [2.75, 3.05) is 0 Å². The summed E-state index contributed by atoms with van der Waals surface area (Å²) in [4.78, 5) is 15.3. The van der Waals surface area contributed by atoms with E-state index in [2.05, 4.69) is 103 Å². The number of furan rings is 1. The molecule has 9 rings (SSSR count). The van der Waals surface area contributed by atoms with E-state index in [9.17, 15) is 0 Å². The van der Waals surface area contributed by atoms with Gasteiger partial charge in [-0.25, -0.2) is 15.0 Å². The zero-order valence-electron chi connectivity index (χ0n) is 27.0. The van der Waals surface area contributed by atoms with Gasteiger partial charge in [0.2, 0.25) is 0 Å². The Kier molecular flexibility index (Phi) is 7.39. The monoisotopic (exact) mass is 639 g/mol. The Morgan fingerprint density at radius 3 is 1.76 bits per heavy atom. The molecule has 0 fully saturated rings. The average Bonchev–Trinajstić information content (AvgIpc) is 3.45. The van der Waals surface area contributed by atoms with E-state index in [1.54, 1.807) is 0 Å². The number of aromatic nitrogens is 2. The number of benzene rings is 6. The highest BCUT2D eigenvalue weighted by atomic mass is 16.3. The van der Waals surface area contributed by atoms with E-state index in [-0.39, 0.29) is 0 Å². The summed E-state index contributed by atoms with van der Waals surface area (Å²) < 4.78 is 6.54. The molecule has 0 saturated carbocycles. The van der Waals surface area contributed by atoms with E-state index >= 15 is 0 Å². The van der Waals surface area contributed by atoms with Crippen LogP contribution in [0.5, 0.6) is 0 Å². The lowest BCUT2D eigenvalue weighted by molar-refractivity contribution is 0.571. The molecule has 0 spiro atoms. The molecule has 50 heavy (non-hydrogen) atoms. The first-order valence-corrected chi connectivity index (χ1v) is 16.6. The number of fused-ring (bicyclic) bond motifs is 3. The zero-order chi connectivity index (χ0) is 33.3. The van der Waals surface area contributed by atoms with Gasteiger partial charge in [-0.05, 0) is 53.1 Å². The summed E-state index contributed by atoms with van der Waals surface area (Å²) in [5.74, 6) is 0.678. The summed E-state index contributed by atoms with van der Waals surface area (Å²) in [6.07, 6.45) is 2.01. The van der Waals surface area contributed by atoms with Crippen molar-refractivity contribution in [1.29, 1.82) is 0 Å². The van der Waals surface area contributed by atoms with Gasteiger partial charge in [0, 0.05) is 33.2 Å². The molecule has 0 atom stereocenters. The number of para-hydroxylation sites is 1. The summed E-state index contributed by atoms with van der Waals surface area (Å²) in [7, 11) is 0. The van der Waals surface area contributed by atoms with Crippen LogP contribution < -0.4 is 10.8 Å². The summed E-state index contributed by atoms with van der Waals surface area (Å²) in [5.41, 5.74) is 15.6. The molecule has 0 N–H and O–H groups in total. The third-order valence-corrected chi connectivity index (χ3v) is 8.93. The molecule has 8 aromatic rings. The SMILES string of the molecule is C1=CC(c2cccc(-c3ccccc3)c2)=c2oc3ccccc3c2=NC=1c1cccc(-c2cc(-c3ccccc3)nc(-c3ccccc3)n2)c1. The predicted molar refractivity (Wildman–Crippen MR) is 201 cm³/mol. The van der Waals surface area contributed by atoms with Gasteiger partial charge in [-0.1, -0.05) is 145 Å². The van der Waals surface area contributed by atoms with Crippen LogP contribution in [0.3, 0.4) is 0 Å². The molecular formula is C46H29N3O. The summed E-state index contributed by atoms with van der Waals surface area (Å²) in [6.45, 7) is 0. The Morgan fingerprint density at radius 1 is 0.440 bits per heavy atom. The van der Waals surface area contributed by atoms with Crippen molar-refractivity contribution < 1.29 is 4.42 Å². The van der Waals surface area contributed by atoms with E-state index in [0.29, 0.717) is 5.82 Å². The largest absolute Gasteiger partial charge is 0.454 e. The Labute approximate surface area is 289 Å². The Balaban J connectivity index is 1.20. The Bertz CT molecular complexity index is 2670. The summed E-state index contributed by atoms with van der Waals surface area (Å²) >= 11 is 0. The quantitative estimate of drug-likeness (QED) is 0.170. The minimum Gasteiger partial charge on any atom is -0.454 e. The molecule has 1 aliphatic heterocycles. The zero-order valence-corrected chi connectivity index (χ0v) is 27.0. The normalized spacial score (nSPS) is 12.2. The van der Waals surface area contributed by atoms with Crippen molar-refractivity contribution >= 4 is 22.2 Å². The van der Waals surface area contributed by atoms with Gasteiger partial charge in [0.1, 0.15) is 16.6 Å². The van der Waals surface area contributed by atoms with Gasteiger partial charge < -0.3 is 4.42 Å². The highest BCUT2D eigenvalue weighted by Crippen LogP contribution is 2.30. The van der Waals surface area contributed by atoms with Crippen LogP contribution in [0.4, 0.5) is 0 Å². The lowest BCUT2D eigenvalue weighted by atomic mass is 9.98. The maximum Gasteiger partial charge on any atom is 0.162 e. The molecule has 3 heterocycles. The molecule has 0 saturated heterocycles. The van der Waals surface area contributed by atoms with Crippen LogP contribution in [0.25, 0.3) is 67.3 Å². The van der Waals surface area contributed by atoms with Crippen molar-refractivity contribution in [3.63, 3.8) is 0 Å². The van der Waals surface area contributed by atoms with Gasteiger partial charge in [0.05, 0.1) is 11.4 Å². The fraction of sp³-hybridized carbons (Fsp3) is 0. The summed E-state index contributed by atoms with van der Waals surface area (Å²) in [5, 5.41) is 1.75. The van der Waals surface area contributed by atoms with E-state index in [1.807, 2.05) is 78.9 Å². The van der Waals surface area contributed by atoms with Crippen LogP contribution >= 0.6 is 0 Å². The van der Waals surface area contributed by atoms with Crippen LogP contribution in [0, 0.1) is 0 Å². The number of nitrogens with zero attached hydrogens (tertiary/aromatic N) is 3. The van der Waals surface area contributed by atoms with Crippen LogP contribution in [-0.2, 0) is 0 Å². The lowest BCUT2D eigenvalue weighted by Gasteiger charge is -2.10. The van der Waals surface area contributed by atoms with Gasteiger partial charge in [0.15, 0.2) is 11.2 Å². The minimum absolute atomic E-state index is 0.678. The van der Waals surface area contributed by atoms with Crippen molar-refractivity contribution in [2.45, 2.75) is 0 Å². The predicted octanol–water partition coefficient (Wildman–Crippen LogP) is 9.92. The van der Waals surface area contributed by atoms with E-state index < -0.39 is 0 Å². The first kappa shape index (κ1) is 29.3. The van der Waals surface area contributed by atoms with Gasteiger partial charge >= 0.3 is 0 Å². The number of rotatable bonds is 6. The highest BCUT2D eigenvalue weighted by Gasteiger charge is 2.16. The third kappa shape index (κ3) is 5.56. The number of allylic oxidation sites excluding steroid dienone is 1.